The molecule has 0 heterocycles. The molecule has 1 aromatic rings. The van der Waals surface area contributed by atoms with Crippen LogP contribution in [-0.4, -0.2) is 20.0 Å². The van der Waals surface area contributed by atoms with Crippen molar-refractivity contribution in [1.82, 2.24) is 0 Å². The molecule has 0 aliphatic heterocycles. The highest BCUT2D eigenvalue weighted by atomic mass is 35.5. The summed E-state index contributed by atoms with van der Waals surface area (Å²) >= 11 is 6.21. The van der Waals surface area contributed by atoms with E-state index in [1.807, 2.05) is 6.07 Å². The summed E-state index contributed by atoms with van der Waals surface area (Å²) in [5.41, 5.74) is 0.843. The fourth-order valence-corrected chi connectivity index (χ4v) is 2.27. The van der Waals surface area contributed by atoms with Crippen molar-refractivity contribution in [3.63, 3.8) is 0 Å². The normalized spacial score (nSPS) is 19.2. The summed E-state index contributed by atoms with van der Waals surface area (Å²) in [7, 11) is 3.10. The Kier molecular flexibility index (Phi) is 3.06. The van der Waals surface area contributed by atoms with Gasteiger partial charge in [0.2, 0.25) is 0 Å². The van der Waals surface area contributed by atoms with Gasteiger partial charge in [-0.05, 0) is 18.1 Å². The Bertz CT molecular complexity index is 429. The molecule has 0 bridgehead atoms. The number of methoxy groups -OCH3 is 2. The smallest absolute Gasteiger partial charge is 0.179 e. The number of hydrogen-bond acceptors (Lipinski definition) is 3. The molecule has 1 unspecified atom stereocenters. The average Bonchev–Trinajstić information content (AvgIpc) is 2.29. The van der Waals surface area contributed by atoms with E-state index in [-0.39, 0.29) is 11.7 Å². The van der Waals surface area contributed by atoms with Crippen molar-refractivity contribution in [2.45, 2.75) is 18.8 Å². The van der Waals surface area contributed by atoms with Gasteiger partial charge in [-0.2, -0.15) is 0 Å². The van der Waals surface area contributed by atoms with Gasteiger partial charge in [0.15, 0.2) is 11.5 Å². The second-order valence-corrected chi connectivity index (χ2v) is 4.14. The number of hydrogen-bond donors (Lipinski definition) is 0. The largest absolute Gasteiger partial charge is 0.493 e. The highest BCUT2D eigenvalue weighted by molar-refractivity contribution is 6.33. The number of rotatable bonds is 3. The quantitative estimate of drug-likeness (QED) is 0.815. The van der Waals surface area contributed by atoms with Crippen molar-refractivity contribution < 1.29 is 14.3 Å². The molecule has 3 nitrogen and oxygen atoms in total. The fraction of sp³-hybridized carbons (Fsp3) is 0.417. The van der Waals surface area contributed by atoms with Crippen molar-refractivity contribution in [3.8, 4) is 11.5 Å². The molecule has 1 aromatic carbocycles. The van der Waals surface area contributed by atoms with Crippen LogP contribution in [0.1, 0.15) is 24.3 Å². The topological polar surface area (TPSA) is 35.5 Å². The Morgan fingerprint density at radius 3 is 2.50 bits per heavy atom. The van der Waals surface area contributed by atoms with Crippen molar-refractivity contribution in [2.75, 3.05) is 14.2 Å². The molecule has 86 valence electrons. The van der Waals surface area contributed by atoms with Gasteiger partial charge < -0.3 is 9.47 Å². The minimum Gasteiger partial charge on any atom is -0.493 e. The molecule has 0 spiro atoms. The summed E-state index contributed by atoms with van der Waals surface area (Å²) in [5.74, 6) is 1.27. The highest BCUT2D eigenvalue weighted by Crippen LogP contribution is 2.44. The van der Waals surface area contributed by atoms with Crippen LogP contribution in [0.15, 0.2) is 12.1 Å². The zero-order valence-corrected chi connectivity index (χ0v) is 10.0. The first kappa shape index (κ1) is 11.3. The van der Waals surface area contributed by atoms with Crippen LogP contribution in [-0.2, 0) is 4.79 Å². The third kappa shape index (κ3) is 1.65. The standard InChI is InChI=1S/C12H13ClO3/c1-15-10-6-4-8(7-3-5-9(7)14)11(13)12(10)16-2/h4,6-7H,3,5H2,1-2H3. The number of halogens is 1. The molecule has 0 radical (unpaired) electrons. The molecule has 1 saturated carbocycles. The maximum absolute atomic E-state index is 11.4. The van der Waals surface area contributed by atoms with E-state index in [4.69, 9.17) is 21.1 Å². The molecule has 1 atom stereocenters. The molecular formula is C12H13ClO3. The van der Waals surface area contributed by atoms with E-state index < -0.39 is 0 Å². The lowest BCUT2D eigenvalue weighted by molar-refractivity contribution is -0.125. The molecule has 4 heteroatoms. The Balaban J connectivity index is 2.44. The Morgan fingerprint density at radius 1 is 1.31 bits per heavy atom. The van der Waals surface area contributed by atoms with E-state index in [1.54, 1.807) is 13.2 Å². The van der Waals surface area contributed by atoms with Gasteiger partial charge in [0.25, 0.3) is 0 Å². The van der Waals surface area contributed by atoms with E-state index in [2.05, 4.69) is 0 Å². The lowest BCUT2D eigenvalue weighted by atomic mass is 9.78. The van der Waals surface area contributed by atoms with Gasteiger partial charge in [0.1, 0.15) is 5.78 Å². The van der Waals surface area contributed by atoms with Crippen LogP contribution in [0.2, 0.25) is 5.02 Å². The Labute approximate surface area is 99.3 Å². The molecule has 2 rings (SSSR count). The van der Waals surface area contributed by atoms with E-state index in [9.17, 15) is 4.79 Å². The molecule has 0 saturated heterocycles. The number of benzene rings is 1. The van der Waals surface area contributed by atoms with Crippen LogP contribution < -0.4 is 9.47 Å². The molecule has 1 aliphatic carbocycles. The van der Waals surface area contributed by atoms with Crippen LogP contribution in [0, 0.1) is 0 Å². The zero-order chi connectivity index (χ0) is 11.7. The monoisotopic (exact) mass is 240 g/mol. The number of carbonyl (C=O) groups excluding carboxylic acids is 1. The summed E-state index contributed by atoms with van der Waals surface area (Å²) < 4.78 is 10.3. The van der Waals surface area contributed by atoms with Crippen LogP contribution in [0.3, 0.4) is 0 Å². The first-order chi connectivity index (χ1) is 7.69. The van der Waals surface area contributed by atoms with Crippen molar-refractivity contribution in [2.24, 2.45) is 0 Å². The molecule has 1 aliphatic rings. The van der Waals surface area contributed by atoms with Gasteiger partial charge >= 0.3 is 0 Å². The lowest BCUT2D eigenvalue weighted by Gasteiger charge is -2.26. The third-order valence-corrected chi connectivity index (χ3v) is 3.35. The second kappa shape index (κ2) is 4.34. The zero-order valence-electron chi connectivity index (χ0n) is 9.25. The van der Waals surface area contributed by atoms with E-state index >= 15 is 0 Å². The van der Waals surface area contributed by atoms with E-state index in [0.29, 0.717) is 22.9 Å². The van der Waals surface area contributed by atoms with Gasteiger partial charge in [-0.3, -0.25) is 4.79 Å². The number of carbonyl (C=O) groups is 1. The van der Waals surface area contributed by atoms with E-state index in [0.717, 1.165) is 12.0 Å². The first-order valence-electron chi connectivity index (χ1n) is 5.12. The van der Waals surface area contributed by atoms with Gasteiger partial charge in [-0.25, -0.2) is 0 Å². The minimum absolute atomic E-state index is 0.0627. The maximum atomic E-state index is 11.4. The Morgan fingerprint density at radius 2 is 2.06 bits per heavy atom. The van der Waals surface area contributed by atoms with Crippen LogP contribution in [0.4, 0.5) is 0 Å². The molecule has 0 aromatic heterocycles. The predicted molar refractivity (Wildman–Crippen MR) is 61.5 cm³/mol. The summed E-state index contributed by atoms with van der Waals surface area (Å²) in [6, 6.07) is 3.62. The molecule has 16 heavy (non-hydrogen) atoms. The van der Waals surface area contributed by atoms with Crippen LogP contribution >= 0.6 is 11.6 Å². The molecule has 1 fully saturated rings. The van der Waals surface area contributed by atoms with Crippen molar-refractivity contribution >= 4 is 17.4 Å². The van der Waals surface area contributed by atoms with Crippen LogP contribution in [0.5, 0.6) is 11.5 Å². The molecule has 0 N–H and O–H groups in total. The van der Waals surface area contributed by atoms with Crippen LogP contribution in [0.25, 0.3) is 0 Å². The number of ether oxygens (including phenoxy) is 2. The third-order valence-electron chi connectivity index (χ3n) is 2.96. The second-order valence-electron chi connectivity index (χ2n) is 3.76. The van der Waals surface area contributed by atoms with Gasteiger partial charge in [-0.15, -0.1) is 0 Å². The molecule has 0 amide bonds. The fourth-order valence-electron chi connectivity index (χ4n) is 1.91. The highest BCUT2D eigenvalue weighted by Gasteiger charge is 2.32. The van der Waals surface area contributed by atoms with Gasteiger partial charge in [-0.1, -0.05) is 17.7 Å². The van der Waals surface area contributed by atoms with Gasteiger partial charge in [0.05, 0.1) is 19.2 Å². The maximum Gasteiger partial charge on any atom is 0.179 e. The average molecular weight is 241 g/mol. The SMILES string of the molecule is COc1ccc(C2CCC2=O)c(Cl)c1OC. The molecular weight excluding hydrogens is 228 g/mol. The van der Waals surface area contributed by atoms with Crippen molar-refractivity contribution in [3.05, 3.63) is 22.7 Å². The van der Waals surface area contributed by atoms with E-state index in [1.165, 1.54) is 7.11 Å². The summed E-state index contributed by atoms with van der Waals surface area (Å²) in [4.78, 5) is 11.4. The lowest BCUT2D eigenvalue weighted by Crippen LogP contribution is -2.23. The van der Waals surface area contributed by atoms with Gasteiger partial charge in [0, 0.05) is 12.3 Å². The summed E-state index contributed by atoms with van der Waals surface area (Å²) in [6.45, 7) is 0. The number of ketones is 1. The Hall–Kier alpha value is -1.22. The minimum atomic E-state index is -0.0627. The van der Waals surface area contributed by atoms with Crippen molar-refractivity contribution in [1.29, 1.82) is 0 Å². The summed E-state index contributed by atoms with van der Waals surface area (Å²) in [5, 5.41) is 0.486. The number of Topliss-reactive ketones (excluding diaryl/α,β-unsaturated/α-hetero) is 1. The predicted octanol–water partition coefficient (Wildman–Crippen LogP) is 2.80. The summed E-state index contributed by atoms with van der Waals surface area (Å²) in [6.07, 6.45) is 1.52. The first-order valence-corrected chi connectivity index (χ1v) is 5.50.